The molecule has 6 nitrogen and oxygen atoms in total. The topological polar surface area (TPSA) is 113 Å². The van der Waals surface area contributed by atoms with Gasteiger partial charge in [-0.15, -0.1) is 0 Å². The van der Waals surface area contributed by atoms with Crippen molar-refractivity contribution >= 4 is 5.97 Å². The van der Waals surface area contributed by atoms with Crippen molar-refractivity contribution in [1.29, 1.82) is 0 Å². The average Bonchev–Trinajstić information content (AvgIpc) is 2.61. The minimum Gasteiger partial charge on any atom is -0.494 e. The average molecular weight is 415 g/mol. The van der Waals surface area contributed by atoms with E-state index in [1.807, 2.05) is 0 Å². The number of ether oxygens (including phenoxy) is 1. The van der Waals surface area contributed by atoms with Gasteiger partial charge in [0, 0.05) is 6.42 Å². The number of benzene rings is 1. The molecule has 11 heteroatoms. The zero-order valence-electron chi connectivity index (χ0n) is 14.7. The Hall–Kier alpha value is -1.98. The minimum absolute atomic E-state index is 0.0366. The Morgan fingerprint density at radius 2 is 1.68 bits per heavy atom. The number of carboxylic acid groups (broad SMARTS) is 1. The van der Waals surface area contributed by atoms with Crippen molar-refractivity contribution in [2.45, 2.75) is 56.0 Å². The molecule has 160 valence electrons. The maximum Gasteiger partial charge on any atom is 0.453 e. The van der Waals surface area contributed by atoms with Crippen molar-refractivity contribution < 1.29 is 46.8 Å². The Balaban J connectivity index is 2.41. The van der Waals surface area contributed by atoms with Gasteiger partial charge in [-0.25, -0.2) is 0 Å². The second-order valence-corrected chi connectivity index (χ2v) is 6.26. The molecule has 0 fully saturated rings. The van der Waals surface area contributed by atoms with E-state index in [2.05, 4.69) is 0 Å². The van der Waals surface area contributed by atoms with Crippen molar-refractivity contribution in [3.8, 4) is 5.75 Å². The van der Waals surface area contributed by atoms with Gasteiger partial charge in [0.1, 0.15) is 17.9 Å². The van der Waals surface area contributed by atoms with Gasteiger partial charge in [-0.1, -0.05) is 12.1 Å². The normalized spacial score (nSPS) is 15.7. The first-order valence-corrected chi connectivity index (χ1v) is 8.36. The van der Waals surface area contributed by atoms with E-state index in [0.717, 1.165) is 0 Å². The molecule has 1 aromatic rings. The summed E-state index contributed by atoms with van der Waals surface area (Å²) in [5.74, 6) is -5.93. The van der Waals surface area contributed by atoms with Crippen molar-refractivity contribution in [3.05, 3.63) is 29.8 Å². The number of nitrogens with two attached hydrogens (primary N) is 1. The quantitative estimate of drug-likeness (QED) is 0.325. The molecule has 0 aliphatic heterocycles. The van der Waals surface area contributed by atoms with Crippen LogP contribution in [0.15, 0.2) is 24.3 Å². The van der Waals surface area contributed by atoms with E-state index in [0.29, 0.717) is 5.56 Å². The van der Waals surface area contributed by atoms with E-state index in [1.54, 1.807) is 12.1 Å². The molecule has 28 heavy (non-hydrogen) atoms. The maximum atomic E-state index is 12.8. The largest absolute Gasteiger partial charge is 0.494 e. The minimum atomic E-state index is -5.58. The third kappa shape index (κ3) is 7.21. The maximum absolute atomic E-state index is 12.8. The number of hydrogen-bond acceptors (Lipinski definition) is 5. The fraction of sp³-hybridized carbons (Fsp3) is 0.588. The summed E-state index contributed by atoms with van der Waals surface area (Å²) in [4.78, 5) is 10.7. The molecular weight excluding hydrogens is 393 g/mol. The van der Waals surface area contributed by atoms with Crippen molar-refractivity contribution in [2.24, 2.45) is 5.73 Å². The van der Waals surface area contributed by atoms with Crippen LogP contribution in [0.25, 0.3) is 0 Å². The standard InChI is InChI=1S/C17H22F5NO5/c18-16(19,17(20,21)22)8-1-9-28-11-5-2-10(3-6-11)4-7-12(24)14(25)13(23)15(26)27/h2-3,5-6,12-14,24-25H,1,4,7-9,23H2,(H,26,27). The molecule has 0 spiro atoms. The van der Waals surface area contributed by atoms with Gasteiger partial charge in [-0.05, 0) is 37.0 Å². The van der Waals surface area contributed by atoms with E-state index in [-0.39, 0.29) is 25.2 Å². The van der Waals surface area contributed by atoms with Crippen LogP contribution in [0.5, 0.6) is 5.75 Å². The number of alkyl halides is 5. The van der Waals surface area contributed by atoms with Crippen molar-refractivity contribution in [2.75, 3.05) is 6.61 Å². The summed E-state index contributed by atoms with van der Waals surface area (Å²) < 4.78 is 66.7. The molecule has 1 rings (SSSR count). The lowest BCUT2D eigenvalue weighted by atomic mass is 9.99. The number of hydrogen-bond donors (Lipinski definition) is 4. The molecule has 0 aliphatic carbocycles. The van der Waals surface area contributed by atoms with Crippen molar-refractivity contribution in [1.82, 2.24) is 0 Å². The summed E-state index contributed by atoms with van der Waals surface area (Å²) in [6, 6.07) is 4.49. The molecule has 0 bridgehead atoms. The van der Waals surface area contributed by atoms with E-state index >= 15 is 0 Å². The van der Waals surface area contributed by atoms with Gasteiger partial charge >= 0.3 is 18.1 Å². The molecule has 0 amide bonds. The summed E-state index contributed by atoms with van der Waals surface area (Å²) in [7, 11) is 0. The van der Waals surface area contributed by atoms with Crippen LogP contribution in [0.2, 0.25) is 0 Å². The predicted octanol–water partition coefficient (Wildman–Crippen LogP) is 2.11. The lowest BCUT2D eigenvalue weighted by Crippen LogP contribution is -2.48. The number of aryl methyl sites for hydroxylation is 1. The second-order valence-electron chi connectivity index (χ2n) is 6.26. The van der Waals surface area contributed by atoms with Crippen LogP contribution in [-0.4, -0.2) is 58.2 Å². The van der Waals surface area contributed by atoms with Gasteiger partial charge in [0.25, 0.3) is 0 Å². The highest BCUT2D eigenvalue weighted by atomic mass is 19.4. The Morgan fingerprint density at radius 3 is 2.18 bits per heavy atom. The van der Waals surface area contributed by atoms with Crippen LogP contribution in [0.1, 0.15) is 24.8 Å². The third-order valence-corrected chi connectivity index (χ3v) is 4.02. The Morgan fingerprint density at radius 1 is 1.11 bits per heavy atom. The van der Waals surface area contributed by atoms with Gasteiger partial charge < -0.3 is 25.8 Å². The second kappa shape index (κ2) is 9.99. The third-order valence-electron chi connectivity index (χ3n) is 4.02. The van der Waals surface area contributed by atoms with Gasteiger partial charge in [-0.3, -0.25) is 4.79 Å². The molecule has 0 aliphatic rings. The summed E-state index contributed by atoms with van der Waals surface area (Å²) >= 11 is 0. The molecular formula is C17H22F5NO5. The Kier molecular flexibility index (Phi) is 8.58. The summed E-state index contributed by atoms with van der Waals surface area (Å²) in [5, 5.41) is 28.0. The van der Waals surface area contributed by atoms with Crippen LogP contribution in [0, 0.1) is 0 Å². The SMILES string of the molecule is NC(C(=O)O)C(O)C(O)CCc1ccc(OCCCC(F)(F)C(F)(F)F)cc1. The number of carbonyl (C=O) groups is 1. The predicted molar refractivity (Wildman–Crippen MR) is 88.1 cm³/mol. The zero-order valence-corrected chi connectivity index (χ0v) is 14.7. The van der Waals surface area contributed by atoms with Crippen LogP contribution in [-0.2, 0) is 11.2 Å². The summed E-state index contributed by atoms with van der Waals surface area (Å²) in [6.45, 7) is -0.316. The molecule has 0 saturated heterocycles. The molecule has 1 aromatic carbocycles. The fourth-order valence-corrected chi connectivity index (χ4v) is 2.25. The first-order valence-electron chi connectivity index (χ1n) is 8.36. The number of halogens is 5. The lowest BCUT2D eigenvalue weighted by molar-refractivity contribution is -0.284. The summed E-state index contributed by atoms with van der Waals surface area (Å²) in [6.07, 6.45) is -10.1. The highest BCUT2D eigenvalue weighted by Gasteiger charge is 2.56. The van der Waals surface area contributed by atoms with Crippen LogP contribution >= 0.6 is 0 Å². The lowest BCUT2D eigenvalue weighted by Gasteiger charge is -2.21. The van der Waals surface area contributed by atoms with Gasteiger partial charge in [-0.2, -0.15) is 22.0 Å². The van der Waals surface area contributed by atoms with Crippen LogP contribution in [0.4, 0.5) is 22.0 Å². The fourth-order valence-electron chi connectivity index (χ4n) is 2.25. The van der Waals surface area contributed by atoms with Gasteiger partial charge in [0.15, 0.2) is 0 Å². The Bertz CT molecular complexity index is 623. The molecule has 0 radical (unpaired) electrons. The van der Waals surface area contributed by atoms with Crippen molar-refractivity contribution in [3.63, 3.8) is 0 Å². The number of aliphatic carboxylic acids is 1. The van der Waals surface area contributed by atoms with Crippen LogP contribution in [0.3, 0.4) is 0 Å². The molecule has 0 saturated carbocycles. The number of rotatable bonds is 11. The molecule has 0 heterocycles. The highest BCUT2D eigenvalue weighted by molar-refractivity contribution is 5.74. The van der Waals surface area contributed by atoms with E-state index in [4.69, 9.17) is 15.6 Å². The molecule has 0 aromatic heterocycles. The monoisotopic (exact) mass is 415 g/mol. The first-order chi connectivity index (χ1) is 12.8. The summed E-state index contributed by atoms with van der Waals surface area (Å²) in [5.41, 5.74) is 5.92. The smallest absolute Gasteiger partial charge is 0.453 e. The highest BCUT2D eigenvalue weighted by Crippen LogP contribution is 2.38. The van der Waals surface area contributed by atoms with E-state index < -0.39 is 49.2 Å². The Labute approximate surface area is 157 Å². The molecule has 3 unspecified atom stereocenters. The molecule has 3 atom stereocenters. The van der Waals surface area contributed by atoms with Gasteiger partial charge in [0.05, 0.1) is 12.7 Å². The number of aliphatic hydroxyl groups excluding tert-OH is 2. The molecule has 5 N–H and O–H groups in total. The number of aliphatic hydroxyl groups is 2. The first kappa shape index (κ1) is 24.1. The van der Waals surface area contributed by atoms with Gasteiger partial charge in [0.2, 0.25) is 0 Å². The number of carboxylic acids is 1. The van der Waals surface area contributed by atoms with E-state index in [1.165, 1.54) is 12.1 Å². The van der Waals surface area contributed by atoms with Crippen LogP contribution < -0.4 is 10.5 Å². The van der Waals surface area contributed by atoms with E-state index in [9.17, 15) is 37.0 Å². The zero-order chi connectivity index (χ0) is 21.5.